The molecule has 1 aliphatic rings. The van der Waals surface area contributed by atoms with Gasteiger partial charge in [0.25, 0.3) is 5.91 Å². The number of amides is 1. The van der Waals surface area contributed by atoms with Crippen LogP contribution in [0.4, 0.5) is 10.8 Å². The van der Waals surface area contributed by atoms with Gasteiger partial charge < -0.3 is 10.5 Å². The number of benzene rings is 1. The summed E-state index contributed by atoms with van der Waals surface area (Å²) in [7, 11) is 0. The number of fused-ring (bicyclic) bond motifs is 1. The van der Waals surface area contributed by atoms with Gasteiger partial charge in [0, 0.05) is 16.6 Å². The first-order valence-electron chi connectivity index (χ1n) is 6.47. The highest BCUT2D eigenvalue weighted by molar-refractivity contribution is 7.15. The van der Waals surface area contributed by atoms with Gasteiger partial charge in [-0.1, -0.05) is 6.07 Å². The first-order valence-corrected chi connectivity index (χ1v) is 7.29. The molecule has 104 valence electrons. The minimum absolute atomic E-state index is 0.0479. The summed E-state index contributed by atoms with van der Waals surface area (Å²) in [4.78, 5) is 17.5. The molecule has 0 aliphatic heterocycles. The standard InChI is InChI=1S/C14H15N3O2S/c15-9-3-1-4-10(7-9)19-8-13(18)17-14-16-11-5-2-6-12(11)20-14/h1,3-4,7H,2,5-6,8,15H2,(H,16,17,18). The lowest BCUT2D eigenvalue weighted by Gasteiger charge is -2.06. The van der Waals surface area contributed by atoms with E-state index in [0.717, 1.165) is 18.5 Å². The van der Waals surface area contributed by atoms with E-state index in [1.165, 1.54) is 11.3 Å². The fourth-order valence-electron chi connectivity index (χ4n) is 2.15. The maximum absolute atomic E-state index is 11.8. The highest BCUT2D eigenvalue weighted by Crippen LogP contribution is 2.30. The van der Waals surface area contributed by atoms with Crippen LogP contribution in [0.1, 0.15) is 17.0 Å². The Morgan fingerprint density at radius 1 is 1.45 bits per heavy atom. The summed E-state index contributed by atoms with van der Waals surface area (Å²) in [5, 5.41) is 3.43. The average molecular weight is 289 g/mol. The minimum atomic E-state index is -0.208. The first kappa shape index (κ1) is 12.9. The molecule has 1 aliphatic carbocycles. The predicted octanol–water partition coefficient (Wildman–Crippen LogP) is 2.23. The lowest BCUT2D eigenvalue weighted by atomic mass is 10.3. The monoisotopic (exact) mass is 289 g/mol. The Kier molecular flexibility index (Phi) is 3.56. The molecule has 20 heavy (non-hydrogen) atoms. The number of nitrogens with one attached hydrogen (secondary N) is 1. The second-order valence-corrected chi connectivity index (χ2v) is 5.74. The largest absolute Gasteiger partial charge is 0.484 e. The van der Waals surface area contributed by atoms with E-state index in [2.05, 4.69) is 10.3 Å². The van der Waals surface area contributed by atoms with E-state index in [0.29, 0.717) is 16.6 Å². The molecule has 3 N–H and O–H groups in total. The van der Waals surface area contributed by atoms with E-state index in [9.17, 15) is 4.79 Å². The molecule has 3 rings (SSSR count). The number of hydrogen-bond donors (Lipinski definition) is 2. The lowest BCUT2D eigenvalue weighted by molar-refractivity contribution is -0.118. The van der Waals surface area contributed by atoms with Crippen molar-refractivity contribution in [2.75, 3.05) is 17.7 Å². The Morgan fingerprint density at radius 2 is 2.35 bits per heavy atom. The number of ether oxygens (including phenoxy) is 1. The molecule has 0 saturated carbocycles. The second-order valence-electron chi connectivity index (χ2n) is 4.65. The third kappa shape index (κ3) is 2.91. The summed E-state index contributed by atoms with van der Waals surface area (Å²) in [6.07, 6.45) is 3.26. The van der Waals surface area contributed by atoms with E-state index in [4.69, 9.17) is 10.5 Å². The summed E-state index contributed by atoms with van der Waals surface area (Å²) < 4.78 is 5.38. The van der Waals surface area contributed by atoms with Gasteiger partial charge in [0.1, 0.15) is 5.75 Å². The summed E-state index contributed by atoms with van der Waals surface area (Å²) in [5.41, 5.74) is 7.38. The molecule has 1 aromatic carbocycles. The number of hydrogen-bond acceptors (Lipinski definition) is 5. The maximum Gasteiger partial charge on any atom is 0.264 e. The van der Waals surface area contributed by atoms with Crippen LogP contribution in [-0.4, -0.2) is 17.5 Å². The Morgan fingerprint density at radius 3 is 3.15 bits per heavy atom. The number of carbonyl (C=O) groups is 1. The normalized spacial score (nSPS) is 13.0. The molecule has 2 aromatic rings. The van der Waals surface area contributed by atoms with Crippen molar-refractivity contribution < 1.29 is 9.53 Å². The Hall–Kier alpha value is -2.08. The third-order valence-electron chi connectivity index (χ3n) is 3.07. The Balaban J connectivity index is 1.54. The van der Waals surface area contributed by atoms with Crippen LogP contribution >= 0.6 is 11.3 Å². The Bertz CT molecular complexity index is 618. The zero-order valence-electron chi connectivity index (χ0n) is 10.9. The number of anilines is 2. The number of thiazole rings is 1. The maximum atomic E-state index is 11.8. The van der Waals surface area contributed by atoms with Crippen molar-refractivity contribution in [3.63, 3.8) is 0 Å². The molecule has 5 nitrogen and oxygen atoms in total. The third-order valence-corrected chi connectivity index (χ3v) is 4.14. The van der Waals surface area contributed by atoms with Gasteiger partial charge in [0.15, 0.2) is 11.7 Å². The minimum Gasteiger partial charge on any atom is -0.484 e. The van der Waals surface area contributed by atoms with Gasteiger partial charge in [-0.25, -0.2) is 4.98 Å². The van der Waals surface area contributed by atoms with Crippen molar-refractivity contribution in [3.8, 4) is 5.75 Å². The second kappa shape index (κ2) is 5.50. The highest BCUT2D eigenvalue weighted by atomic mass is 32.1. The molecule has 0 spiro atoms. The number of carbonyl (C=O) groups excluding carboxylic acids is 1. The average Bonchev–Trinajstić information content (AvgIpc) is 2.97. The molecule has 0 bridgehead atoms. The van der Waals surface area contributed by atoms with Crippen molar-refractivity contribution in [2.24, 2.45) is 0 Å². The highest BCUT2D eigenvalue weighted by Gasteiger charge is 2.17. The van der Waals surface area contributed by atoms with Crippen molar-refractivity contribution in [3.05, 3.63) is 34.8 Å². The quantitative estimate of drug-likeness (QED) is 0.846. The van der Waals surface area contributed by atoms with Crippen molar-refractivity contribution in [2.45, 2.75) is 19.3 Å². The van der Waals surface area contributed by atoms with Gasteiger partial charge in [-0.05, 0) is 31.4 Å². The van der Waals surface area contributed by atoms with E-state index < -0.39 is 0 Å². The molecule has 0 saturated heterocycles. The smallest absolute Gasteiger partial charge is 0.264 e. The van der Waals surface area contributed by atoms with Crippen LogP contribution in [0.15, 0.2) is 24.3 Å². The number of aromatic nitrogens is 1. The van der Waals surface area contributed by atoms with Gasteiger partial charge in [0.2, 0.25) is 0 Å². The summed E-state index contributed by atoms with van der Waals surface area (Å²) >= 11 is 1.56. The molecule has 0 radical (unpaired) electrons. The molecule has 6 heteroatoms. The number of nitrogens with two attached hydrogens (primary N) is 1. The zero-order valence-corrected chi connectivity index (χ0v) is 11.7. The van der Waals surface area contributed by atoms with Crippen LogP contribution < -0.4 is 15.8 Å². The first-order chi connectivity index (χ1) is 9.70. The summed E-state index contributed by atoms with van der Waals surface area (Å²) in [5.74, 6) is 0.377. The predicted molar refractivity (Wildman–Crippen MR) is 79.1 cm³/mol. The van der Waals surface area contributed by atoms with E-state index in [1.54, 1.807) is 35.6 Å². The number of rotatable bonds is 4. The van der Waals surface area contributed by atoms with Gasteiger partial charge in [0.05, 0.1) is 5.69 Å². The molecule has 1 amide bonds. The van der Waals surface area contributed by atoms with Gasteiger partial charge in [-0.3, -0.25) is 10.1 Å². The molecule has 1 aromatic heterocycles. The van der Waals surface area contributed by atoms with Crippen LogP contribution in [0.5, 0.6) is 5.75 Å². The topological polar surface area (TPSA) is 77.2 Å². The Labute approximate surface area is 120 Å². The van der Waals surface area contributed by atoms with Crippen LogP contribution in [0.2, 0.25) is 0 Å². The van der Waals surface area contributed by atoms with Crippen LogP contribution in [0, 0.1) is 0 Å². The van der Waals surface area contributed by atoms with E-state index >= 15 is 0 Å². The summed E-state index contributed by atoms with van der Waals surface area (Å²) in [6.45, 7) is -0.0479. The fourth-order valence-corrected chi connectivity index (χ4v) is 3.22. The van der Waals surface area contributed by atoms with Crippen molar-refractivity contribution in [1.29, 1.82) is 0 Å². The molecular weight excluding hydrogens is 274 g/mol. The van der Waals surface area contributed by atoms with Crippen LogP contribution in [0.3, 0.4) is 0 Å². The van der Waals surface area contributed by atoms with Crippen molar-refractivity contribution in [1.82, 2.24) is 4.98 Å². The van der Waals surface area contributed by atoms with Gasteiger partial charge >= 0.3 is 0 Å². The molecule has 1 heterocycles. The zero-order chi connectivity index (χ0) is 13.9. The molecular formula is C14H15N3O2S. The number of nitrogens with zero attached hydrogens (tertiary/aromatic N) is 1. The van der Waals surface area contributed by atoms with Gasteiger partial charge in [-0.2, -0.15) is 0 Å². The summed E-state index contributed by atoms with van der Waals surface area (Å²) in [6, 6.07) is 7.00. The van der Waals surface area contributed by atoms with Gasteiger partial charge in [-0.15, -0.1) is 11.3 Å². The van der Waals surface area contributed by atoms with Crippen LogP contribution in [-0.2, 0) is 17.6 Å². The number of aryl methyl sites for hydroxylation is 2. The van der Waals surface area contributed by atoms with Crippen molar-refractivity contribution >= 4 is 28.1 Å². The SMILES string of the molecule is Nc1cccc(OCC(=O)Nc2nc3c(s2)CCC3)c1. The van der Waals surface area contributed by atoms with E-state index in [1.807, 2.05) is 0 Å². The number of nitrogen functional groups attached to an aromatic ring is 1. The molecule has 0 fully saturated rings. The molecule has 0 unspecified atom stereocenters. The lowest BCUT2D eigenvalue weighted by Crippen LogP contribution is -2.20. The van der Waals surface area contributed by atoms with E-state index in [-0.39, 0.29) is 12.5 Å². The van der Waals surface area contributed by atoms with Crippen LogP contribution in [0.25, 0.3) is 0 Å². The molecule has 0 atom stereocenters. The fraction of sp³-hybridized carbons (Fsp3) is 0.286.